The number of anilines is 1. The van der Waals surface area contributed by atoms with Crippen molar-refractivity contribution in [3.8, 4) is 5.75 Å². The Morgan fingerprint density at radius 3 is 2.61 bits per heavy atom. The van der Waals surface area contributed by atoms with Crippen LogP contribution in [0.4, 0.5) is 5.13 Å². The smallest absolute Gasteiger partial charge is 0.235 e. The SMILES string of the molecule is CCOc1ccc2nc(N(CC3CCCO3)C(=O)C34CC5CC(CC(C5)C3)C4)sc2c1. The van der Waals surface area contributed by atoms with Gasteiger partial charge in [0, 0.05) is 6.61 Å². The molecule has 1 unspecified atom stereocenters. The van der Waals surface area contributed by atoms with Crippen molar-refractivity contribution < 1.29 is 14.3 Å². The molecule has 5 aliphatic rings. The van der Waals surface area contributed by atoms with Crippen molar-refractivity contribution in [3.63, 3.8) is 0 Å². The van der Waals surface area contributed by atoms with Gasteiger partial charge in [0.25, 0.3) is 0 Å². The number of carbonyl (C=O) groups excluding carboxylic acids is 1. The minimum Gasteiger partial charge on any atom is -0.494 e. The first kappa shape index (κ1) is 20.0. The quantitative estimate of drug-likeness (QED) is 0.602. The molecule has 0 radical (unpaired) electrons. The predicted octanol–water partition coefficient (Wildman–Crippen LogP) is 5.42. The summed E-state index contributed by atoms with van der Waals surface area (Å²) in [5.41, 5.74) is 0.779. The van der Waals surface area contributed by atoms with Crippen LogP contribution in [-0.4, -0.2) is 36.8 Å². The van der Waals surface area contributed by atoms with E-state index < -0.39 is 0 Å². The molecule has 2 aromatic rings. The molecule has 5 nitrogen and oxygen atoms in total. The zero-order valence-electron chi connectivity index (χ0n) is 18.3. The first-order valence-corrected chi connectivity index (χ1v) is 12.9. The van der Waals surface area contributed by atoms with Crippen LogP contribution in [0.1, 0.15) is 58.3 Å². The van der Waals surface area contributed by atoms with Gasteiger partial charge < -0.3 is 9.47 Å². The van der Waals surface area contributed by atoms with Gasteiger partial charge >= 0.3 is 0 Å². The molecule has 7 rings (SSSR count). The number of thiazole rings is 1. The van der Waals surface area contributed by atoms with Gasteiger partial charge in [-0.25, -0.2) is 4.98 Å². The third-order valence-electron chi connectivity index (χ3n) is 8.04. The molecule has 1 aliphatic heterocycles. The summed E-state index contributed by atoms with van der Waals surface area (Å²) >= 11 is 1.62. The Morgan fingerprint density at radius 1 is 1.23 bits per heavy atom. The Morgan fingerprint density at radius 2 is 1.97 bits per heavy atom. The molecular formula is C25H32N2O3S. The van der Waals surface area contributed by atoms with Gasteiger partial charge in [0.1, 0.15) is 5.75 Å². The summed E-state index contributed by atoms with van der Waals surface area (Å²) < 4.78 is 12.7. The Kier molecular flexibility index (Phi) is 4.98. The molecule has 0 N–H and O–H groups in total. The molecule has 4 bridgehead atoms. The summed E-state index contributed by atoms with van der Waals surface area (Å²) in [4.78, 5) is 21.2. The highest BCUT2D eigenvalue weighted by atomic mass is 32.1. The van der Waals surface area contributed by atoms with Crippen LogP contribution in [0.15, 0.2) is 18.2 Å². The summed E-state index contributed by atoms with van der Waals surface area (Å²) in [6.45, 7) is 4.09. The Labute approximate surface area is 188 Å². The van der Waals surface area contributed by atoms with E-state index in [1.165, 1.54) is 19.3 Å². The van der Waals surface area contributed by atoms with Crippen LogP contribution in [0.25, 0.3) is 10.2 Å². The standard InChI is InChI=1S/C25H32N2O3S/c1-2-29-19-5-6-21-22(11-19)31-24(26-21)27(15-20-4-3-7-30-20)23(28)25-12-16-8-17(13-25)10-18(9-16)14-25/h5-6,11,16-18,20H,2-4,7-10,12-15H2,1H3. The monoisotopic (exact) mass is 440 g/mol. The summed E-state index contributed by atoms with van der Waals surface area (Å²) in [6, 6.07) is 6.04. The maximum absolute atomic E-state index is 14.2. The zero-order chi connectivity index (χ0) is 21.0. The number of hydrogen-bond acceptors (Lipinski definition) is 5. The average Bonchev–Trinajstić information content (AvgIpc) is 3.40. The fraction of sp³-hybridized carbons (Fsp3) is 0.680. The fourth-order valence-corrected chi connectivity index (χ4v) is 8.17. The van der Waals surface area contributed by atoms with Crippen molar-refractivity contribution in [2.24, 2.45) is 23.2 Å². The molecule has 1 atom stereocenters. The van der Waals surface area contributed by atoms with E-state index >= 15 is 0 Å². The third-order valence-corrected chi connectivity index (χ3v) is 9.08. The second-order valence-electron chi connectivity index (χ2n) is 10.3. The number of carbonyl (C=O) groups is 1. The predicted molar refractivity (Wildman–Crippen MR) is 123 cm³/mol. The number of aromatic nitrogens is 1. The molecule has 1 amide bonds. The molecule has 4 saturated carbocycles. The topological polar surface area (TPSA) is 51.7 Å². The molecule has 1 saturated heterocycles. The first-order valence-electron chi connectivity index (χ1n) is 12.1. The molecule has 166 valence electrons. The van der Waals surface area contributed by atoms with Crippen molar-refractivity contribution in [1.29, 1.82) is 0 Å². The van der Waals surface area contributed by atoms with Crippen molar-refractivity contribution in [2.75, 3.05) is 24.7 Å². The number of nitrogens with zero attached hydrogens (tertiary/aromatic N) is 2. The number of amides is 1. The van der Waals surface area contributed by atoms with Gasteiger partial charge in [0.2, 0.25) is 5.91 Å². The Balaban J connectivity index is 1.35. The number of ether oxygens (including phenoxy) is 2. The molecule has 0 spiro atoms. The van der Waals surface area contributed by atoms with Gasteiger partial charge in [0.05, 0.1) is 34.9 Å². The number of hydrogen-bond donors (Lipinski definition) is 0. The van der Waals surface area contributed by atoms with Gasteiger partial charge in [-0.1, -0.05) is 11.3 Å². The van der Waals surface area contributed by atoms with Crippen LogP contribution >= 0.6 is 11.3 Å². The van der Waals surface area contributed by atoms with Crippen LogP contribution in [0, 0.1) is 23.2 Å². The number of benzene rings is 1. The molecule has 1 aromatic carbocycles. The highest BCUT2D eigenvalue weighted by molar-refractivity contribution is 7.22. The number of fused-ring (bicyclic) bond motifs is 1. The second kappa shape index (κ2) is 7.73. The van der Waals surface area contributed by atoms with E-state index in [2.05, 4.69) is 6.07 Å². The Hall–Kier alpha value is -1.66. The van der Waals surface area contributed by atoms with Crippen LogP contribution in [0.5, 0.6) is 5.75 Å². The molecule has 4 aliphatic carbocycles. The maximum Gasteiger partial charge on any atom is 0.235 e. The molecule has 2 heterocycles. The van der Waals surface area contributed by atoms with Gasteiger partial charge in [-0.2, -0.15) is 0 Å². The van der Waals surface area contributed by atoms with Gasteiger partial charge in [-0.3, -0.25) is 9.69 Å². The average molecular weight is 441 g/mol. The van der Waals surface area contributed by atoms with E-state index in [1.807, 2.05) is 24.0 Å². The van der Waals surface area contributed by atoms with Crippen LogP contribution in [0.2, 0.25) is 0 Å². The van der Waals surface area contributed by atoms with Crippen LogP contribution in [-0.2, 0) is 9.53 Å². The highest BCUT2D eigenvalue weighted by Gasteiger charge is 2.56. The largest absolute Gasteiger partial charge is 0.494 e. The van der Waals surface area contributed by atoms with Crippen molar-refractivity contribution in [2.45, 2.75) is 64.4 Å². The van der Waals surface area contributed by atoms with E-state index in [4.69, 9.17) is 14.5 Å². The summed E-state index contributed by atoms with van der Waals surface area (Å²) in [5, 5.41) is 0.833. The zero-order valence-corrected chi connectivity index (χ0v) is 19.2. The summed E-state index contributed by atoms with van der Waals surface area (Å²) in [7, 11) is 0. The van der Waals surface area contributed by atoms with Crippen LogP contribution < -0.4 is 9.64 Å². The molecule has 5 fully saturated rings. The third kappa shape index (κ3) is 3.56. The molecule has 31 heavy (non-hydrogen) atoms. The van der Waals surface area contributed by atoms with Crippen molar-refractivity contribution in [3.05, 3.63) is 18.2 Å². The maximum atomic E-state index is 14.2. The molecular weight excluding hydrogens is 408 g/mol. The lowest BCUT2D eigenvalue weighted by molar-refractivity contribution is -0.143. The first-order chi connectivity index (χ1) is 15.1. The summed E-state index contributed by atoms with van der Waals surface area (Å²) in [5.74, 6) is 3.45. The van der Waals surface area contributed by atoms with Crippen molar-refractivity contribution in [1.82, 2.24) is 4.98 Å². The van der Waals surface area contributed by atoms with E-state index in [-0.39, 0.29) is 11.5 Å². The minimum atomic E-state index is -0.165. The molecule has 6 heteroatoms. The number of rotatable bonds is 6. The van der Waals surface area contributed by atoms with Gasteiger partial charge in [-0.15, -0.1) is 0 Å². The normalized spacial score (nSPS) is 33.8. The van der Waals surface area contributed by atoms with E-state index in [0.717, 1.165) is 77.6 Å². The highest BCUT2D eigenvalue weighted by Crippen LogP contribution is 2.60. The van der Waals surface area contributed by atoms with E-state index in [9.17, 15) is 4.79 Å². The Bertz CT molecular complexity index is 945. The van der Waals surface area contributed by atoms with Gasteiger partial charge in [0.15, 0.2) is 5.13 Å². The van der Waals surface area contributed by atoms with Crippen LogP contribution in [0.3, 0.4) is 0 Å². The lowest BCUT2D eigenvalue weighted by Crippen LogP contribution is -2.55. The minimum absolute atomic E-state index is 0.129. The lowest BCUT2D eigenvalue weighted by atomic mass is 9.49. The lowest BCUT2D eigenvalue weighted by Gasteiger charge is -2.56. The van der Waals surface area contributed by atoms with Gasteiger partial charge in [-0.05, 0) is 94.2 Å². The van der Waals surface area contributed by atoms with E-state index in [0.29, 0.717) is 19.1 Å². The van der Waals surface area contributed by atoms with E-state index in [1.54, 1.807) is 11.3 Å². The van der Waals surface area contributed by atoms with Crippen molar-refractivity contribution >= 4 is 32.6 Å². The summed E-state index contributed by atoms with van der Waals surface area (Å²) in [6.07, 6.45) is 9.53. The fourth-order valence-electron chi connectivity index (χ4n) is 7.16. The second-order valence-corrected chi connectivity index (χ2v) is 11.3. The molecule has 1 aromatic heterocycles.